The van der Waals surface area contributed by atoms with Crippen molar-refractivity contribution < 1.29 is 4.79 Å². The summed E-state index contributed by atoms with van der Waals surface area (Å²) in [4.78, 5) is 12.6. The molecule has 0 aliphatic heterocycles. The zero-order valence-electron chi connectivity index (χ0n) is 14.2. The lowest BCUT2D eigenvalue weighted by molar-refractivity contribution is -0.117. The van der Waals surface area contributed by atoms with E-state index in [1.165, 1.54) is 11.3 Å². The molecule has 3 rings (SSSR count). The minimum Gasteiger partial charge on any atom is -0.300 e. The van der Waals surface area contributed by atoms with Crippen molar-refractivity contribution in [3.63, 3.8) is 0 Å². The largest absolute Gasteiger partial charge is 0.300 e. The van der Waals surface area contributed by atoms with Crippen LogP contribution in [-0.2, 0) is 10.5 Å². The van der Waals surface area contributed by atoms with E-state index >= 15 is 0 Å². The minimum absolute atomic E-state index is 0.0579. The van der Waals surface area contributed by atoms with Crippen LogP contribution in [0, 0.1) is 0 Å². The highest BCUT2D eigenvalue weighted by Crippen LogP contribution is 2.31. The van der Waals surface area contributed by atoms with Crippen molar-refractivity contribution in [2.24, 2.45) is 0 Å². The normalized spacial score (nSPS) is 11.9. The van der Waals surface area contributed by atoms with E-state index in [0.29, 0.717) is 10.9 Å². The third-order valence-electron chi connectivity index (χ3n) is 3.87. The zero-order chi connectivity index (χ0) is 18.4. The Morgan fingerprint density at radius 2 is 1.88 bits per heavy atom. The molecular weight excluding hydrogens is 386 g/mol. The molecule has 7 heteroatoms. The van der Waals surface area contributed by atoms with Gasteiger partial charge in [-0.2, -0.15) is 0 Å². The Bertz CT molecular complexity index is 870. The second-order valence-electron chi connectivity index (χ2n) is 5.61. The molecule has 0 fully saturated rings. The maximum absolute atomic E-state index is 12.6. The average molecular weight is 404 g/mol. The van der Waals surface area contributed by atoms with Gasteiger partial charge in [-0.25, -0.2) is 0 Å². The van der Waals surface area contributed by atoms with Gasteiger partial charge >= 0.3 is 0 Å². The van der Waals surface area contributed by atoms with E-state index in [4.69, 9.17) is 11.6 Å². The standard InChI is InChI=1S/C19H18ClN3OS2/c1-2-15(13-8-4-3-5-9-13)17(24)21-18-22-23-19(26-18)25-12-14-10-6-7-11-16(14)20/h3-11,15H,2,12H2,1H3,(H,21,22,24)/t15-/m1/s1. The number of nitrogens with one attached hydrogen (secondary N) is 1. The molecule has 0 saturated carbocycles. The first-order valence-corrected chi connectivity index (χ1v) is 10.4. The topological polar surface area (TPSA) is 54.9 Å². The molecule has 1 aromatic heterocycles. The van der Waals surface area contributed by atoms with Gasteiger partial charge in [0, 0.05) is 10.8 Å². The summed E-state index contributed by atoms with van der Waals surface area (Å²) in [5.41, 5.74) is 2.06. The molecule has 134 valence electrons. The highest BCUT2D eigenvalue weighted by atomic mass is 35.5. The Kier molecular flexibility index (Phi) is 6.66. The van der Waals surface area contributed by atoms with Crippen LogP contribution in [0.1, 0.15) is 30.4 Å². The van der Waals surface area contributed by atoms with E-state index in [9.17, 15) is 4.79 Å². The number of carbonyl (C=O) groups excluding carboxylic acids is 1. The summed E-state index contributed by atoms with van der Waals surface area (Å²) in [7, 11) is 0. The van der Waals surface area contributed by atoms with E-state index in [1.54, 1.807) is 11.8 Å². The van der Waals surface area contributed by atoms with Gasteiger partial charge in [-0.1, -0.05) is 90.2 Å². The first-order chi connectivity index (χ1) is 12.7. The van der Waals surface area contributed by atoms with E-state index in [2.05, 4.69) is 15.5 Å². The van der Waals surface area contributed by atoms with Crippen molar-refractivity contribution >= 4 is 45.7 Å². The summed E-state index contributed by atoms with van der Waals surface area (Å²) in [6.45, 7) is 2.00. The van der Waals surface area contributed by atoms with E-state index < -0.39 is 0 Å². The predicted octanol–water partition coefficient (Wildman–Crippen LogP) is 5.62. The van der Waals surface area contributed by atoms with Gasteiger partial charge in [-0.3, -0.25) is 10.1 Å². The van der Waals surface area contributed by atoms with Crippen molar-refractivity contribution in [2.45, 2.75) is 29.4 Å². The number of amides is 1. The molecule has 0 radical (unpaired) electrons. The molecule has 1 amide bonds. The number of hydrogen-bond acceptors (Lipinski definition) is 5. The summed E-state index contributed by atoms with van der Waals surface area (Å²) in [5.74, 6) is 0.459. The number of rotatable bonds is 7. The highest BCUT2D eigenvalue weighted by Gasteiger charge is 2.20. The first kappa shape index (κ1) is 18.9. The lowest BCUT2D eigenvalue weighted by Crippen LogP contribution is -2.20. The Morgan fingerprint density at radius 3 is 2.62 bits per heavy atom. The SMILES string of the molecule is CC[C@@H](C(=O)Nc1nnc(SCc2ccccc2Cl)s1)c1ccccc1. The summed E-state index contributed by atoms with van der Waals surface area (Å²) in [6.07, 6.45) is 0.725. The molecule has 0 bridgehead atoms. The van der Waals surface area contributed by atoms with Crippen LogP contribution in [0.5, 0.6) is 0 Å². The van der Waals surface area contributed by atoms with Crippen LogP contribution in [0.25, 0.3) is 0 Å². The number of thioether (sulfide) groups is 1. The van der Waals surface area contributed by atoms with Crippen molar-refractivity contribution in [3.8, 4) is 0 Å². The van der Waals surface area contributed by atoms with Gasteiger partial charge in [0.25, 0.3) is 0 Å². The summed E-state index contributed by atoms with van der Waals surface area (Å²) in [5, 5.41) is 12.4. The van der Waals surface area contributed by atoms with Crippen LogP contribution in [0.2, 0.25) is 5.02 Å². The number of benzene rings is 2. The molecule has 0 aliphatic carbocycles. The molecule has 1 atom stereocenters. The first-order valence-electron chi connectivity index (χ1n) is 8.23. The van der Waals surface area contributed by atoms with Gasteiger partial charge in [-0.05, 0) is 23.6 Å². The quantitative estimate of drug-likeness (QED) is 0.411. The number of aromatic nitrogens is 2. The van der Waals surface area contributed by atoms with E-state index in [1.807, 2.05) is 61.5 Å². The lowest BCUT2D eigenvalue weighted by Gasteiger charge is -2.13. The number of hydrogen-bond donors (Lipinski definition) is 1. The molecule has 4 nitrogen and oxygen atoms in total. The third kappa shape index (κ3) is 4.84. The molecule has 0 spiro atoms. The van der Waals surface area contributed by atoms with Crippen molar-refractivity contribution in [3.05, 3.63) is 70.7 Å². The van der Waals surface area contributed by atoms with E-state index in [0.717, 1.165) is 26.9 Å². The Hall–Kier alpha value is -1.89. The van der Waals surface area contributed by atoms with Crippen molar-refractivity contribution in [2.75, 3.05) is 5.32 Å². The fourth-order valence-corrected chi connectivity index (χ4v) is 4.56. The maximum atomic E-state index is 12.6. The maximum Gasteiger partial charge on any atom is 0.233 e. The van der Waals surface area contributed by atoms with Crippen LogP contribution in [0.4, 0.5) is 5.13 Å². The second kappa shape index (κ2) is 9.16. The molecule has 0 aliphatic rings. The lowest BCUT2D eigenvalue weighted by atomic mass is 9.96. The number of carbonyl (C=O) groups is 1. The Balaban J connectivity index is 1.61. The van der Waals surface area contributed by atoms with E-state index in [-0.39, 0.29) is 11.8 Å². The molecular formula is C19H18ClN3OS2. The predicted molar refractivity (Wildman–Crippen MR) is 109 cm³/mol. The van der Waals surface area contributed by atoms with Gasteiger partial charge in [0.15, 0.2) is 4.34 Å². The zero-order valence-corrected chi connectivity index (χ0v) is 16.6. The van der Waals surface area contributed by atoms with Crippen molar-refractivity contribution in [1.82, 2.24) is 10.2 Å². The molecule has 0 saturated heterocycles. The molecule has 2 aromatic carbocycles. The van der Waals surface area contributed by atoms with Gasteiger partial charge in [0.1, 0.15) is 0 Å². The van der Waals surface area contributed by atoms with Crippen molar-refractivity contribution in [1.29, 1.82) is 0 Å². The summed E-state index contributed by atoms with van der Waals surface area (Å²) >= 11 is 9.10. The highest BCUT2D eigenvalue weighted by molar-refractivity contribution is 8.00. The average Bonchev–Trinajstić information content (AvgIpc) is 3.10. The van der Waals surface area contributed by atoms with Crippen LogP contribution in [-0.4, -0.2) is 16.1 Å². The monoisotopic (exact) mass is 403 g/mol. The number of halogens is 1. The Morgan fingerprint density at radius 1 is 1.15 bits per heavy atom. The molecule has 3 aromatic rings. The molecule has 26 heavy (non-hydrogen) atoms. The Labute approximate surface area is 166 Å². The second-order valence-corrected chi connectivity index (χ2v) is 8.22. The molecule has 1 heterocycles. The van der Waals surface area contributed by atoms with Gasteiger partial charge in [0.05, 0.1) is 5.92 Å². The minimum atomic E-state index is -0.195. The molecule has 1 N–H and O–H groups in total. The fourth-order valence-electron chi connectivity index (χ4n) is 2.52. The number of anilines is 1. The van der Waals surface area contributed by atoms with Crippen LogP contribution in [0.15, 0.2) is 58.9 Å². The fraction of sp³-hybridized carbons (Fsp3) is 0.211. The van der Waals surface area contributed by atoms with Gasteiger partial charge in [-0.15, -0.1) is 10.2 Å². The summed E-state index contributed by atoms with van der Waals surface area (Å²) in [6, 6.07) is 17.5. The molecule has 0 unspecified atom stereocenters. The van der Waals surface area contributed by atoms with Gasteiger partial charge in [0.2, 0.25) is 11.0 Å². The third-order valence-corrected chi connectivity index (χ3v) is 6.26. The number of nitrogens with zero attached hydrogens (tertiary/aromatic N) is 2. The van der Waals surface area contributed by atoms with Crippen LogP contribution in [0.3, 0.4) is 0 Å². The van der Waals surface area contributed by atoms with Crippen LogP contribution < -0.4 is 5.32 Å². The van der Waals surface area contributed by atoms with Gasteiger partial charge < -0.3 is 0 Å². The summed E-state index contributed by atoms with van der Waals surface area (Å²) < 4.78 is 0.799. The van der Waals surface area contributed by atoms with Crippen LogP contribution >= 0.6 is 34.7 Å². The smallest absolute Gasteiger partial charge is 0.233 e.